The molecule has 0 aromatic carbocycles. The zero-order valence-corrected chi connectivity index (χ0v) is 14.0. The average Bonchev–Trinajstić information content (AvgIpc) is 3.22. The van der Waals surface area contributed by atoms with Gasteiger partial charge in [-0.15, -0.1) is 23.5 Å². The van der Waals surface area contributed by atoms with Crippen LogP contribution in [0, 0.1) is 0 Å². The van der Waals surface area contributed by atoms with Crippen molar-refractivity contribution in [3.8, 4) is 0 Å². The van der Waals surface area contributed by atoms with Crippen LogP contribution in [0.1, 0.15) is 26.7 Å². The summed E-state index contributed by atoms with van der Waals surface area (Å²) in [6.45, 7) is 4.72. The normalized spacial score (nSPS) is 38.9. The van der Waals surface area contributed by atoms with Gasteiger partial charge < -0.3 is 18.9 Å². The maximum Gasteiger partial charge on any atom is 0.164 e. The minimum Gasteiger partial charge on any atom is -0.379 e. The Morgan fingerprint density at radius 2 is 1.95 bits per heavy atom. The van der Waals surface area contributed by atoms with Crippen molar-refractivity contribution in [2.24, 2.45) is 0 Å². The van der Waals surface area contributed by atoms with E-state index in [0.29, 0.717) is 4.58 Å². The highest BCUT2D eigenvalue weighted by Gasteiger charge is 2.52. The minimum atomic E-state index is -0.537. The lowest BCUT2D eigenvalue weighted by Gasteiger charge is -2.29. The third kappa shape index (κ3) is 3.65. The van der Waals surface area contributed by atoms with E-state index in [0.717, 1.165) is 13.0 Å². The molecular weight excluding hydrogens is 296 g/mol. The van der Waals surface area contributed by atoms with Crippen molar-refractivity contribution in [3.05, 3.63) is 0 Å². The largest absolute Gasteiger partial charge is 0.379 e. The van der Waals surface area contributed by atoms with Crippen LogP contribution in [0.2, 0.25) is 0 Å². The number of hydrogen-bond donors (Lipinski definition) is 0. The fourth-order valence-electron chi connectivity index (χ4n) is 2.86. The molecule has 4 nitrogen and oxygen atoms in total. The van der Waals surface area contributed by atoms with E-state index in [1.165, 1.54) is 17.9 Å². The number of ether oxygens (including phenoxy) is 4. The second-order valence-corrected chi connectivity index (χ2v) is 8.89. The lowest BCUT2D eigenvalue weighted by Crippen LogP contribution is -2.41. The molecule has 20 heavy (non-hydrogen) atoms. The number of epoxide rings is 1. The summed E-state index contributed by atoms with van der Waals surface area (Å²) in [6, 6.07) is 0. The molecule has 0 spiro atoms. The first kappa shape index (κ1) is 15.4. The summed E-state index contributed by atoms with van der Waals surface area (Å²) in [5, 5.41) is 0. The SMILES string of the molecule is CO[C@@H](CC1SCCCS1)[C@H]1OC(C)(C)O[C@@H]1[C@H]1CO1. The highest BCUT2D eigenvalue weighted by molar-refractivity contribution is 8.17. The van der Waals surface area contributed by atoms with E-state index in [2.05, 4.69) is 0 Å². The van der Waals surface area contributed by atoms with Gasteiger partial charge in [0.05, 0.1) is 17.3 Å². The molecule has 0 aromatic rings. The quantitative estimate of drug-likeness (QED) is 0.725. The van der Waals surface area contributed by atoms with E-state index < -0.39 is 5.79 Å². The van der Waals surface area contributed by atoms with Crippen molar-refractivity contribution < 1.29 is 18.9 Å². The molecule has 4 atom stereocenters. The molecule has 0 radical (unpaired) electrons. The van der Waals surface area contributed by atoms with Gasteiger partial charge in [0, 0.05) is 7.11 Å². The van der Waals surface area contributed by atoms with Crippen molar-refractivity contribution in [2.75, 3.05) is 25.2 Å². The first-order chi connectivity index (χ1) is 9.59. The summed E-state index contributed by atoms with van der Waals surface area (Å²) in [7, 11) is 1.78. The van der Waals surface area contributed by atoms with Crippen LogP contribution >= 0.6 is 23.5 Å². The first-order valence-electron chi connectivity index (χ1n) is 7.32. The Hall–Kier alpha value is 0.540. The molecule has 3 aliphatic heterocycles. The van der Waals surface area contributed by atoms with Crippen LogP contribution in [0.3, 0.4) is 0 Å². The molecule has 3 rings (SSSR count). The van der Waals surface area contributed by atoms with Gasteiger partial charge in [-0.25, -0.2) is 0 Å². The fourth-order valence-corrected chi connectivity index (χ4v) is 5.81. The predicted molar refractivity (Wildman–Crippen MR) is 82.3 cm³/mol. The Kier molecular flexibility index (Phi) is 4.90. The molecule has 3 aliphatic rings. The summed E-state index contributed by atoms with van der Waals surface area (Å²) in [6.07, 6.45) is 2.58. The van der Waals surface area contributed by atoms with Crippen LogP contribution in [0.15, 0.2) is 0 Å². The summed E-state index contributed by atoms with van der Waals surface area (Å²) in [5.41, 5.74) is 0. The van der Waals surface area contributed by atoms with Crippen molar-refractivity contribution in [1.29, 1.82) is 0 Å². The molecule has 0 saturated carbocycles. The van der Waals surface area contributed by atoms with Crippen LogP contribution in [0.5, 0.6) is 0 Å². The number of thioether (sulfide) groups is 2. The van der Waals surface area contributed by atoms with E-state index in [4.69, 9.17) is 18.9 Å². The van der Waals surface area contributed by atoms with Crippen molar-refractivity contribution in [1.82, 2.24) is 0 Å². The molecule has 3 heterocycles. The van der Waals surface area contributed by atoms with Crippen molar-refractivity contribution >= 4 is 23.5 Å². The minimum absolute atomic E-state index is 0.00791. The Labute approximate surface area is 129 Å². The molecule has 0 bridgehead atoms. The topological polar surface area (TPSA) is 40.2 Å². The molecule has 116 valence electrons. The highest BCUT2D eigenvalue weighted by atomic mass is 32.2. The fraction of sp³-hybridized carbons (Fsp3) is 1.00. The Morgan fingerprint density at radius 3 is 2.55 bits per heavy atom. The van der Waals surface area contributed by atoms with E-state index in [1.807, 2.05) is 37.4 Å². The van der Waals surface area contributed by atoms with Crippen LogP contribution in [0.4, 0.5) is 0 Å². The summed E-state index contributed by atoms with van der Waals surface area (Å²) in [4.78, 5) is 0. The summed E-state index contributed by atoms with van der Waals surface area (Å²) < 4.78 is 23.9. The van der Waals surface area contributed by atoms with Crippen LogP contribution in [-0.2, 0) is 18.9 Å². The smallest absolute Gasteiger partial charge is 0.164 e. The number of hydrogen-bond acceptors (Lipinski definition) is 6. The van der Waals surface area contributed by atoms with Gasteiger partial charge in [0.25, 0.3) is 0 Å². The Balaban J connectivity index is 1.64. The van der Waals surface area contributed by atoms with E-state index in [9.17, 15) is 0 Å². The summed E-state index contributed by atoms with van der Waals surface area (Å²) >= 11 is 4.09. The van der Waals surface area contributed by atoms with Crippen LogP contribution in [-0.4, -0.2) is 60.0 Å². The van der Waals surface area contributed by atoms with Gasteiger partial charge in [-0.05, 0) is 38.2 Å². The lowest BCUT2D eigenvalue weighted by atomic mass is 10.0. The summed E-state index contributed by atoms with van der Waals surface area (Å²) in [5.74, 6) is 1.98. The predicted octanol–water partition coefficient (Wildman–Crippen LogP) is 2.51. The van der Waals surface area contributed by atoms with Gasteiger partial charge in [-0.3, -0.25) is 0 Å². The van der Waals surface area contributed by atoms with Crippen molar-refractivity contribution in [3.63, 3.8) is 0 Å². The Morgan fingerprint density at radius 1 is 1.25 bits per heavy atom. The highest BCUT2D eigenvalue weighted by Crippen LogP contribution is 2.40. The van der Waals surface area contributed by atoms with Gasteiger partial charge in [0.15, 0.2) is 5.79 Å². The van der Waals surface area contributed by atoms with E-state index in [-0.39, 0.29) is 24.4 Å². The zero-order valence-electron chi connectivity index (χ0n) is 12.4. The van der Waals surface area contributed by atoms with Crippen molar-refractivity contribution in [2.45, 2.75) is 61.5 Å². The zero-order chi connectivity index (χ0) is 14.2. The molecule has 6 heteroatoms. The molecule has 0 unspecified atom stereocenters. The maximum absolute atomic E-state index is 6.11. The molecule has 0 aliphatic carbocycles. The van der Waals surface area contributed by atoms with Gasteiger partial charge in [-0.1, -0.05) is 0 Å². The monoisotopic (exact) mass is 320 g/mol. The third-order valence-electron chi connectivity index (χ3n) is 3.88. The van der Waals surface area contributed by atoms with Gasteiger partial charge in [0.2, 0.25) is 0 Å². The Bertz CT molecular complexity index is 329. The standard InChI is InChI=1S/C14H24O4S2/c1-14(2)17-12(13(18-14)10-8-16-10)9(15-3)7-11-19-5-4-6-20-11/h9-13H,4-8H2,1-3H3/t9-,10+,12+,13+/m0/s1. The van der Waals surface area contributed by atoms with Gasteiger partial charge in [-0.2, -0.15) is 0 Å². The second kappa shape index (κ2) is 6.34. The molecular formula is C14H24O4S2. The van der Waals surface area contributed by atoms with Gasteiger partial charge in [0.1, 0.15) is 18.3 Å². The number of methoxy groups -OCH3 is 1. The average molecular weight is 320 g/mol. The maximum atomic E-state index is 6.11. The van der Waals surface area contributed by atoms with Gasteiger partial charge >= 0.3 is 0 Å². The second-order valence-electron chi connectivity index (χ2n) is 5.97. The molecule has 0 amide bonds. The van der Waals surface area contributed by atoms with Crippen LogP contribution in [0.25, 0.3) is 0 Å². The first-order valence-corrected chi connectivity index (χ1v) is 9.42. The molecule has 3 fully saturated rings. The van der Waals surface area contributed by atoms with E-state index in [1.54, 1.807) is 7.11 Å². The molecule has 0 aromatic heterocycles. The molecule has 3 saturated heterocycles. The number of rotatable bonds is 5. The van der Waals surface area contributed by atoms with Crippen LogP contribution < -0.4 is 0 Å². The lowest BCUT2D eigenvalue weighted by molar-refractivity contribution is -0.158. The third-order valence-corrected chi connectivity index (χ3v) is 6.87. The van der Waals surface area contributed by atoms with E-state index >= 15 is 0 Å². The molecule has 0 N–H and O–H groups in total.